The molecule has 1 aliphatic rings. The van der Waals surface area contributed by atoms with Gasteiger partial charge in [0.15, 0.2) is 0 Å². The van der Waals surface area contributed by atoms with Crippen molar-refractivity contribution in [3.63, 3.8) is 0 Å². The van der Waals surface area contributed by atoms with Crippen molar-refractivity contribution in [2.75, 3.05) is 0 Å². The fraction of sp³-hybridized carbons (Fsp3) is 0.0508. The van der Waals surface area contributed by atoms with Gasteiger partial charge in [0.2, 0.25) is 0 Å². The van der Waals surface area contributed by atoms with E-state index in [0.29, 0.717) is 0 Å². The molecule has 0 N–H and O–H groups in total. The van der Waals surface area contributed by atoms with Crippen molar-refractivity contribution in [3.05, 3.63) is 217 Å². The average Bonchev–Trinajstić information content (AvgIpc) is 3.52. The van der Waals surface area contributed by atoms with Crippen LogP contribution in [-0.4, -0.2) is 0 Å². The zero-order chi connectivity index (χ0) is 39.2. The highest BCUT2D eigenvalue weighted by Gasteiger charge is 2.35. The zero-order valence-corrected chi connectivity index (χ0v) is 33.1. The lowest BCUT2D eigenvalue weighted by Crippen LogP contribution is -2.14. The molecule has 0 aliphatic heterocycles. The summed E-state index contributed by atoms with van der Waals surface area (Å²) in [5, 5.41) is 12.6. The third-order valence-corrected chi connectivity index (χ3v) is 13.2. The summed E-state index contributed by atoms with van der Waals surface area (Å²) in [4.78, 5) is 0. The molecule has 0 bridgehead atoms. The van der Waals surface area contributed by atoms with E-state index in [0.717, 1.165) is 0 Å². The normalized spacial score (nSPS) is 13.1. The van der Waals surface area contributed by atoms with Crippen LogP contribution in [0.15, 0.2) is 206 Å². The van der Waals surface area contributed by atoms with E-state index in [4.69, 9.17) is 0 Å². The molecule has 0 amide bonds. The van der Waals surface area contributed by atoms with Gasteiger partial charge in [-0.3, -0.25) is 0 Å². The van der Waals surface area contributed by atoms with Crippen LogP contribution >= 0.6 is 0 Å². The van der Waals surface area contributed by atoms with Gasteiger partial charge in [0.1, 0.15) is 0 Å². The average molecular weight is 749 g/mol. The number of rotatable bonds is 4. The molecule has 0 saturated carbocycles. The Kier molecular flexibility index (Phi) is 7.38. The molecule has 0 radical (unpaired) electrons. The van der Waals surface area contributed by atoms with Crippen LogP contribution in [0.5, 0.6) is 0 Å². The second-order valence-corrected chi connectivity index (χ2v) is 16.8. The van der Waals surface area contributed by atoms with Crippen LogP contribution in [0.3, 0.4) is 0 Å². The minimum Gasteiger partial charge on any atom is -0.0619 e. The van der Waals surface area contributed by atoms with Crippen LogP contribution in [0.2, 0.25) is 0 Å². The van der Waals surface area contributed by atoms with Gasteiger partial charge in [-0.05, 0) is 151 Å². The first-order valence-corrected chi connectivity index (χ1v) is 20.7. The minimum atomic E-state index is -0.0525. The molecule has 0 heterocycles. The second kappa shape index (κ2) is 12.9. The molecule has 0 nitrogen and oxygen atoms in total. The quantitative estimate of drug-likeness (QED) is 0.124. The Hall–Kier alpha value is -7.28. The minimum absolute atomic E-state index is 0.0525. The van der Waals surface area contributed by atoms with Crippen LogP contribution in [0.25, 0.3) is 109 Å². The smallest absolute Gasteiger partial charge is 0.0158 e. The van der Waals surface area contributed by atoms with Gasteiger partial charge in [-0.1, -0.05) is 190 Å². The standard InChI is InChI=1S/C59H40/c1-59(2)55-25-12-11-22-48(55)53-36-44(29-31-56(53)59)58-50-24-10-9-23-49(50)57(51-30-28-40(34-54(51)58)39-27-26-37-14-3-4-15-38(37)32-39)43-18-13-17-41(33-43)52-35-42-16-5-6-19-45(42)46-20-7-8-21-47(46)52/h3-36H,1-2H3. The van der Waals surface area contributed by atoms with Crippen molar-refractivity contribution >= 4 is 53.9 Å². The molecule has 1 aliphatic carbocycles. The number of hydrogen-bond donors (Lipinski definition) is 0. The first-order chi connectivity index (χ1) is 29.0. The van der Waals surface area contributed by atoms with Crippen molar-refractivity contribution in [2.24, 2.45) is 0 Å². The van der Waals surface area contributed by atoms with Gasteiger partial charge in [0.25, 0.3) is 0 Å². The second-order valence-electron chi connectivity index (χ2n) is 16.8. The molecule has 276 valence electrons. The van der Waals surface area contributed by atoms with E-state index >= 15 is 0 Å². The zero-order valence-electron chi connectivity index (χ0n) is 33.1. The molecule has 0 saturated heterocycles. The van der Waals surface area contributed by atoms with Gasteiger partial charge in [-0.15, -0.1) is 0 Å². The maximum absolute atomic E-state index is 2.47. The summed E-state index contributed by atoms with van der Waals surface area (Å²) in [5.41, 5.74) is 15.3. The Labute approximate surface area is 344 Å². The Morgan fingerprint density at radius 1 is 0.254 bits per heavy atom. The lowest BCUT2D eigenvalue weighted by molar-refractivity contribution is 0.660. The van der Waals surface area contributed by atoms with E-state index in [9.17, 15) is 0 Å². The Bertz CT molecular complexity index is 3530. The monoisotopic (exact) mass is 748 g/mol. The predicted octanol–water partition coefficient (Wildman–Crippen LogP) is 16.4. The predicted molar refractivity (Wildman–Crippen MR) is 253 cm³/mol. The number of benzene rings is 11. The molecule has 0 fully saturated rings. The molecule has 0 heteroatoms. The molecule has 0 atom stereocenters. The highest BCUT2D eigenvalue weighted by atomic mass is 14.4. The van der Waals surface area contributed by atoms with Crippen molar-refractivity contribution in [3.8, 4) is 55.6 Å². The fourth-order valence-corrected chi connectivity index (χ4v) is 10.4. The SMILES string of the molecule is CC1(C)c2ccccc2-c2cc(-c3c4ccccc4c(-c4cccc(-c5cc6ccccc6c6ccccc56)c4)c4ccc(-c5ccc6ccccc6c5)cc34)ccc21. The third kappa shape index (κ3) is 5.16. The van der Waals surface area contributed by atoms with E-state index in [-0.39, 0.29) is 5.41 Å². The number of fused-ring (bicyclic) bond motifs is 9. The maximum Gasteiger partial charge on any atom is 0.0158 e. The van der Waals surface area contributed by atoms with Crippen molar-refractivity contribution < 1.29 is 0 Å². The summed E-state index contributed by atoms with van der Waals surface area (Å²) in [6, 6.07) is 77.2. The Balaban J connectivity index is 1.14. The maximum atomic E-state index is 2.47. The van der Waals surface area contributed by atoms with Gasteiger partial charge in [0.05, 0.1) is 0 Å². The summed E-state index contributed by atoms with van der Waals surface area (Å²) in [5.74, 6) is 0. The summed E-state index contributed by atoms with van der Waals surface area (Å²) >= 11 is 0. The fourth-order valence-electron chi connectivity index (χ4n) is 10.4. The van der Waals surface area contributed by atoms with E-state index in [1.165, 1.54) is 121 Å². The Morgan fingerprint density at radius 3 is 1.64 bits per heavy atom. The van der Waals surface area contributed by atoms with Crippen LogP contribution < -0.4 is 0 Å². The molecule has 11 aromatic rings. The van der Waals surface area contributed by atoms with Crippen LogP contribution in [0.4, 0.5) is 0 Å². The molecular formula is C59H40. The molecule has 11 aromatic carbocycles. The van der Waals surface area contributed by atoms with Crippen molar-refractivity contribution in [2.45, 2.75) is 19.3 Å². The van der Waals surface area contributed by atoms with Crippen molar-refractivity contribution in [1.82, 2.24) is 0 Å². The van der Waals surface area contributed by atoms with E-state index in [2.05, 4.69) is 220 Å². The first kappa shape index (κ1) is 33.8. The highest BCUT2D eigenvalue weighted by Crippen LogP contribution is 2.52. The van der Waals surface area contributed by atoms with Gasteiger partial charge < -0.3 is 0 Å². The molecule has 0 spiro atoms. The summed E-state index contributed by atoms with van der Waals surface area (Å²) in [6.45, 7) is 4.73. The largest absolute Gasteiger partial charge is 0.0619 e. The lowest BCUT2D eigenvalue weighted by Gasteiger charge is -2.22. The van der Waals surface area contributed by atoms with Crippen LogP contribution in [0.1, 0.15) is 25.0 Å². The molecule has 0 aromatic heterocycles. The topological polar surface area (TPSA) is 0 Å². The van der Waals surface area contributed by atoms with E-state index < -0.39 is 0 Å². The van der Waals surface area contributed by atoms with Gasteiger partial charge in [-0.2, -0.15) is 0 Å². The molecule has 0 unspecified atom stereocenters. The Morgan fingerprint density at radius 2 is 0.814 bits per heavy atom. The van der Waals surface area contributed by atoms with Crippen LogP contribution in [0, 0.1) is 0 Å². The number of hydrogen-bond acceptors (Lipinski definition) is 0. The van der Waals surface area contributed by atoms with Gasteiger partial charge in [-0.25, -0.2) is 0 Å². The van der Waals surface area contributed by atoms with Crippen molar-refractivity contribution in [1.29, 1.82) is 0 Å². The lowest BCUT2D eigenvalue weighted by atomic mass is 9.81. The summed E-state index contributed by atoms with van der Waals surface area (Å²) < 4.78 is 0. The van der Waals surface area contributed by atoms with E-state index in [1.807, 2.05) is 0 Å². The third-order valence-electron chi connectivity index (χ3n) is 13.2. The van der Waals surface area contributed by atoms with Crippen LogP contribution in [-0.2, 0) is 5.41 Å². The summed E-state index contributed by atoms with van der Waals surface area (Å²) in [6.07, 6.45) is 0. The summed E-state index contributed by atoms with van der Waals surface area (Å²) in [7, 11) is 0. The van der Waals surface area contributed by atoms with Gasteiger partial charge >= 0.3 is 0 Å². The first-order valence-electron chi connectivity index (χ1n) is 20.7. The highest BCUT2D eigenvalue weighted by molar-refractivity contribution is 6.22. The van der Waals surface area contributed by atoms with E-state index in [1.54, 1.807) is 0 Å². The molecule has 59 heavy (non-hydrogen) atoms. The molecular weight excluding hydrogens is 709 g/mol. The van der Waals surface area contributed by atoms with Gasteiger partial charge in [0, 0.05) is 5.41 Å². The molecule has 12 rings (SSSR count).